The second kappa shape index (κ2) is 6.65. The quantitative estimate of drug-likeness (QED) is 0.838. The molecule has 0 aliphatic carbocycles. The Bertz CT molecular complexity index is 394. The summed E-state index contributed by atoms with van der Waals surface area (Å²) in [6.45, 7) is 5.26. The molecule has 3 N–H and O–H groups in total. The largest absolute Gasteiger partial charge is 0.573 e. The van der Waals surface area contributed by atoms with E-state index in [0.29, 0.717) is 24.7 Å². The third kappa shape index (κ3) is 5.83. The molecule has 0 bridgehead atoms. The highest BCUT2D eigenvalue weighted by Crippen LogP contribution is 2.25. The van der Waals surface area contributed by atoms with E-state index in [1.165, 1.54) is 18.2 Å². The Morgan fingerprint density at radius 2 is 2.00 bits per heavy atom. The third-order valence-electron chi connectivity index (χ3n) is 2.88. The summed E-state index contributed by atoms with van der Waals surface area (Å²) < 4.78 is 40.1. The van der Waals surface area contributed by atoms with Crippen LogP contribution < -0.4 is 15.8 Å². The molecule has 0 aliphatic rings. The number of ether oxygens (including phenoxy) is 1. The maximum Gasteiger partial charge on any atom is 0.573 e. The lowest BCUT2D eigenvalue weighted by molar-refractivity contribution is -0.274. The molecule has 0 fully saturated rings. The van der Waals surface area contributed by atoms with Gasteiger partial charge in [-0.3, -0.25) is 0 Å². The van der Waals surface area contributed by atoms with Crippen LogP contribution in [0.25, 0.3) is 0 Å². The van der Waals surface area contributed by atoms with E-state index in [0.717, 1.165) is 0 Å². The molecule has 0 saturated heterocycles. The minimum absolute atomic E-state index is 0.230. The number of hydrogen-bond donors (Lipinski definition) is 2. The van der Waals surface area contributed by atoms with Crippen molar-refractivity contribution in [3.8, 4) is 5.75 Å². The molecule has 0 aliphatic heterocycles. The summed E-state index contributed by atoms with van der Waals surface area (Å²) in [7, 11) is 0. The van der Waals surface area contributed by atoms with Crippen LogP contribution in [-0.4, -0.2) is 19.5 Å². The molecule has 0 amide bonds. The first-order valence-electron chi connectivity index (χ1n) is 6.11. The highest BCUT2D eigenvalue weighted by molar-refractivity contribution is 5.48. The Kier molecular flexibility index (Phi) is 5.47. The van der Waals surface area contributed by atoms with Gasteiger partial charge in [-0.05, 0) is 30.5 Å². The number of nitrogens with one attached hydrogen (secondary N) is 1. The van der Waals surface area contributed by atoms with Gasteiger partial charge in [-0.1, -0.05) is 19.9 Å². The van der Waals surface area contributed by atoms with Gasteiger partial charge in [0.1, 0.15) is 5.75 Å². The first-order chi connectivity index (χ1) is 8.81. The van der Waals surface area contributed by atoms with Crippen LogP contribution in [0, 0.1) is 11.8 Å². The van der Waals surface area contributed by atoms with Crippen molar-refractivity contribution in [3.05, 3.63) is 24.3 Å². The Morgan fingerprint density at radius 3 is 2.53 bits per heavy atom. The van der Waals surface area contributed by atoms with Crippen LogP contribution in [0.5, 0.6) is 5.75 Å². The predicted molar refractivity (Wildman–Crippen MR) is 69.0 cm³/mol. The van der Waals surface area contributed by atoms with E-state index in [1.807, 2.05) is 0 Å². The molecule has 1 rings (SSSR count). The topological polar surface area (TPSA) is 47.3 Å². The number of alkyl halides is 3. The Morgan fingerprint density at radius 1 is 1.32 bits per heavy atom. The molecule has 0 aromatic heterocycles. The molecule has 0 heterocycles. The summed E-state index contributed by atoms with van der Waals surface area (Å²) in [5.41, 5.74) is 6.22. The molecule has 1 aromatic carbocycles. The average Bonchev–Trinajstić information content (AvgIpc) is 2.27. The standard InChI is InChI=1S/C13H19F3N2O/c1-9(2)10(7-17)8-18-11-4-3-5-12(6-11)19-13(14,15)16/h3-6,9-10,18H,7-8,17H2,1-2H3. The van der Waals surface area contributed by atoms with Crippen molar-refractivity contribution >= 4 is 5.69 Å². The fourth-order valence-electron chi connectivity index (χ4n) is 1.64. The van der Waals surface area contributed by atoms with Gasteiger partial charge >= 0.3 is 6.36 Å². The zero-order valence-electron chi connectivity index (χ0n) is 11.0. The van der Waals surface area contributed by atoms with Gasteiger partial charge < -0.3 is 15.8 Å². The number of rotatable bonds is 6. The molecule has 3 nitrogen and oxygen atoms in total. The lowest BCUT2D eigenvalue weighted by Gasteiger charge is -2.20. The smallest absolute Gasteiger partial charge is 0.406 e. The highest BCUT2D eigenvalue weighted by Gasteiger charge is 2.31. The van der Waals surface area contributed by atoms with Gasteiger partial charge in [-0.2, -0.15) is 0 Å². The van der Waals surface area contributed by atoms with E-state index < -0.39 is 6.36 Å². The Labute approximate surface area is 110 Å². The maximum absolute atomic E-state index is 12.1. The summed E-state index contributed by atoms with van der Waals surface area (Å²) in [4.78, 5) is 0. The monoisotopic (exact) mass is 276 g/mol. The highest BCUT2D eigenvalue weighted by atomic mass is 19.4. The fourth-order valence-corrected chi connectivity index (χ4v) is 1.64. The predicted octanol–water partition coefficient (Wildman–Crippen LogP) is 3.23. The molecule has 19 heavy (non-hydrogen) atoms. The van der Waals surface area contributed by atoms with Gasteiger partial charge in [0.25, 0.3) is 0 Å². The van der Waals surface area contributed by atoms with E-state index in [4.69, 9.17) is 5.73 Å². The van der Waals surface area contributed by atoms with Crippen LogP contribution in [0.2, 0.25) is 0 Å². The van der Waals surface area contributed by atoms with Crippen LogP contribution in [-0.2, 0) is 0 Å². The van der Waals surface area contributed by atoms with Crippen LogP contribution >= 0.6 is 0 Å². The normalized spacial score (nSPS) is 13.4. The fraction of sp³-hybridized carbons (Fsp3) is 0.538. The molecule has 6 heteroatoms. The molecule has 0 spiro atoms. The Hall–Kier alpha value is -1.43. The second-order valence-electron chi connectivity index (χ2n) is 4.70. The van der Waals surface area contributed by atoms with Crippen molar-refractivity contribution in [3.63, 3.8) is 0 Å². The summed E-state index contributed by atoms with van der Waals surface area (Å²) >= 11 is 0. The lowest BCUT2D eigenvalue weighted by atomic mass is 9.96. The number of benzene rings is 1. The summed E-state index contributed by atoms with van der Waals surface area (Å²) in [6.07, 6.45) is -4.67. The van der Waals surface area contributed by atoms with E-state index in [-0.39, 0.29) is 11.7 Å². The number of hydrogen-bond acceptors (Lipinski definition) is 3. The van der Waals surface area contributed by atoms with Crippen molar-refractivity contribution in [2.24, 2.45) is 17.6 Å². The van der Waals surface area contributed by atoms with Crippen LogP contribution in [0.3, 0.4) is 0 Å². The zero-order valence-corrected chi connectivity index (χ0v) is 11.0. The van der Waals surface area contributed by atoms with Crippen LogP contribution in [0.15, 0.2) is 24.3 Å². The molecule has 108 valence electrons. The summed E-state index contributed by atoms with van der Waals surface area (Å²) in [5, 5.41) is 3.08. The van der Waals surface area contributed by atoms with E-state index >= 15 is 0 Å². The second-order valence-corrected chi connectivity index (χ2v) is 4.70. The summed E-state index contributed by atoms with van der Waals surface area (Å²) in [6, 6.07) is 5.79. The van der Waals surface area contributed by atoms with Crippen LogP contribution in [0.1, 0.15) is 13.8 Å². The molecule has 0 radical (unpaired) electrons. The zero-order chi connectivity index (χ0) is 14.5. The van der Waals surface area contributed by atoms with Crippen molar-refractivity contribution in [1.29, 1.82) is 0 Å². The first-order valence-corrected chi connectivity index (χ1v) is 6.11. The minimum Gasteiger partial charge on any atom is -0.406 e. The number of nitrogens with two attached hydrogens (primary N) is 1. The average molecular weight is 276 g/mol. The maximum atomic E-state index is 12.1. The van der Waals surface area contributed by atoms with Gasteiger partial charge in [0, 0.05) is 18.3 Å². The van der Waals surface area contributed by atoms with Gasteiger partial charge in [0.2, 0.25) is 0 Å². The van der Waals surface area contributed by atoms with Crippen molar-refractivity contribution < 1.29 is 17.9 Å². The minimum atomic E-state index is -4.67. The van der Waals surface area contributed by atoms with Crippen molar-refractivity contribution in [2.45, 2.75) is 20.2 Å². The molecule has 1 unspecified atom stereocenters. The molecular formula is C13H19F3N2O. The Balaban J connectivity index is 2.62. The van der Waals surface area contributed by atoms with E-state index in [1.54, 1.807) is 6.07 Å². The van der Waals surface area contributed by atoms with Crippen LogP contribution in [0.4, 0.5) is 18.9 Å². The van der Waals surface area contributed by atoms with Gasteiger partial charge in [-0.25, -0.2) is 0 Å². The molecular weight excluding hydrogens is 257 g/mol. The van der Waals surface area contributed by atoms with Gasteiger partial charge in [0.15, 0.2) is 0 Å². The van der Waals surface area contributed by atoms with Gasteiger partial charge in [-0.15, -0.1) is 13.2 Å². The van der Waals surface area contributed by atoms with Crippen molar-refractivity contribution in [2.75, 3.05) is 18.4 Å². The molecule has 0 saturated carbocycles. The van der Waals surface area contributed by atoms with E-state index in [2.05, 4.69) is 23.9 Å². The third-order valence-corrected chi connectivity index (χ3v) is 2.88. The lowest BCUT2D eigenvalue weighted by Crippen LogP contribution is -2.27. The van der Waals surface area contributed by atoms with Crippen molar-refractivity contribution in [1.82, 2.24) is 0 Å². The molecule has 1 atom stereocenters. The van der Waals surface area contributed by atoms with Gasteiger partial charge in [0.05, 0.1) is 0 Å². The molecule has 1 aromatic rings. The SMILES string of the molecule is CC(C)C(CN)CNc1cccc(OC(F)(F)F)c1. The first kappa shape index (κ1) is 15.6. The number of anilines is 1. The summed E-state index contributed by atoms with van der Waals surface area (Å²) in [5.74, 6) is 0.450. The van der Waals surface area contributed by atoms with E-state index in [9.17, 15) is 13.2 Å². The number of halogens is 3.